The Morgan fingerprint density at radius 1 is 1.26 bits per heavy atom. The van der Waals surface area contributed by atoms with Crippen molar-refractivity contribution in [2.75, 3.05) is 6.54 Å². The number of aromatic nitrogens is 2. The zero-order valence-corrected chi connectivity index (χ0v) is 11.6. The summed E-state index contributed by atoms with van der Waals surface area (Å²) < 4.78 is 28.2. The van der Waals surface area contributed by atoms with E-state index in [9.17, 15) is 8.42 Å². The van der Waals surface area contributed by atoms with E-state index in [1.54, 1.807) is 36.5 Å². The second-order valence-corrected chi connectivity index (χ2v) is 6.11. The molecule has 0 atom stereocenters. The topological polar surface area (TPSA) is 64.0 Å². The first kappa shape index (κ1) is 13.8. The number of hydrogen-bond acceptors (Lipinski definition) is 3. The highest BCUT2D eigenvalue weighted by Crippen LogP contribution is 2.06. The molecule has 2 rings (SSSR count). The fourth-order valence-corrected chi connectivity index (χ4v) is 2.81. The molecular formula is C13H17N3O2S. The van der Waals surface area contributed by atoms with E-state index in [1.165, 1.54) is 0 Å². The predicted octanol–water partition coefficient (Wildman–Crippen LogP) is 1.56. The molecule has 1 aromatic heterocycles. The van der Waals surface area contributed by atoms with Crippen molar-refractivity contribution in [1.82, 2.24) is 14.5 Å². The zero-order chi connectivity index (χ0) is 13.7. The normalized spacial score (nSPS) is 11.6. The van der Waals surface area contributed by atoms with Gasteiger partial charge in [-0.1, -0.05) is 18.2 Å². The summed E-state index contributed by atoms with van der Waals surface area (Å²) >= 11 is 0. The Kier molecular flexibility index (Phi) is 4.34. The molecule has 0 saturated carbocycles. The molecular weight excluding hydrogens is 262 g/mol. The van der Waals surface area contributed by atoms with Crippen LogP contribution in [0.1, 0.15) is 12.0 Å². The molecule has 19 heavy (non-hydrogen) atoms. The SMILES string of the molecule is Cc1cnn(CCCNS(=O)(=O)c2ccccc2)c1. The minimum Gasteiger partial charge on any atom is -0.272 e. The highest BCUT2D eigenvalue weighted by molar-refractivity contribution is 7.89. The highest BCUT2D eigenvalue weighted by Gasteiger charge is 2.11. The number of benzene rings is 1. The Morgan fingerprint density at radius 2 is 2.00 bits per heavy atom. The first-order chi connectivity index (χ1) is 9.08. The summed E-state index contributed by atoms with van der Waals surface area (Å²) in [5.74, 6) is 0. The quantitative estimate of drug-likeness (QED) is 0.816. The van der Waals surface area contributed by atoms with Crippen molar-refractivity contribution in [3.05, 3.63) is 48.3 Å². The van der Waals surface area contributed by atoms with E-state index < -0.39 is 10.0 Å². The predicted molar refractivity (Wildman–Crippen MR) is 73.2 cm³/mol. The first-order valence-corrected chi connectivity index (χ1v) is 7.60. The second-order valence-electron chi connectivity index (χ2n) is 4.35. The van der Waals surface area contributed by atoms with Gasteiger partial charge in [0, 0.05) is 19.3 Å². The van der Waals surface area contributed by atoms with Crippen molar-refractivity contribution in [3.8, 4) is 0 Å². The third-order valence-corrected chi connectivity index (χ3v) is 4.15. The summed E-state index contributed by atoms with van der Waals surface area (Å²) in [6.07, 6.45) is 4.42. The van der Waals surface area contributed by atoms with Gasteiger partial charge in [0.2, 0.25) is 10.0 Å². The first-order valence-electron chi connectivity index (χ1n) is 6.12. The van der Waals surface area contributed by atoms with Gasteiger partial charge in [0.25, 0.3) is 0 Å². The molecule has 0 bridgehead atoms. The van der Waals surface area contributed by atoms with Crippen LogP contribution in [-0.2, 0) is 16.6 Å². The average molecular weight is 279 g/mol. The number of nitrogens with one attached hydrogen (secondary N) is 1. The Balaban J connectivity index is 1.82. The monoisotopic (exact) mass is 279 g/mol. The lowest BCUT2D eigenvalue weighted by atomic mass is 10.4. The molecule has 5 nitrogen and oxygen atoms in total. The van der Waals surface area contributed by atoms with Crippen LogP contribution < -0.4 is 4.72 Å². The fraction of sp³-hybridized carbons (Fsp3) is 0.308. The van der Waals surface area contributed by atoms with Crippen LogP contribution >= 0.6 is 0 Å². The maximum absolute atomic E-state index is 11.9. The van der Waals surface area contributed by atoms with Crippen molar-refractivity contribution in [1.29, 1.82) is 0 Å². The summed E-state index contributed by atoms with van der Waals surface area (Å²) in [5.41, 5.74) is 1.10. The maximum atomic E-state index is 11.9. The van der Waals surface area contributed by atoms with Crippen molar-refractivity contribution in [2.24, 2.45) is 0 Å². The van der Waals surface area contributed by atoms with E-state index in [-0.39, 0.29) is 0 Å². The van der Waals surface area contributed by atoms with Gasteiger partial charge in [0.1, 0.15) is 0 Å². The van der Waals surface area contributed by atoms with Crippen LogP contribution in [0, 0.1) is 6.92 Å². The second kappa shape index (κ2) is 5.99. The molecule has 0 aliphatic carbocycles. The molecule has 0 radical (unpaired) electrons. The number of nitrogens with zero attached hydrogens (tertiary/aromatic N) is 2. The average Bonchev–Trinajstić information content (AvgIpc) is 2.82. The van der Waals surface area contributed by atoms with Gasteiger partial charge in [-0.2, -0.15) is 5.10 Å². The smallest absolute Gasteiger partial charge is 0.240 e. The van der Waals surface area contributed by atoms with Gasteiger partial charge < -0.3 is 0 Å². The van der Waals surface area contributed by atoms with E-state index in [2.05, 4.69) is 9.82 Å². The maximum Gasteiger partial charge on any atom is 0.240 e. The third kappa shape index (κ3) is 3.90. The van der Waals surface area contributed by atoms with Gasteiger partial charge >= 0.3 is 0 Å². The molecule has 1 heterocycles. The van der Waals surface area contributed by atoms with Gasteiger partial charge in [0.05, 0.1) is 11.1 Å². The van der Waals surface area contributed by atoms with Gasteiger partial charge in [-0.3, -0.25) is 4.68 Å². The minimum absolute atomic E-state index is 0.296. The number of aryl methyl sites for hydroxylation is 2. The van der Waals surface area contributed by atoms with E-state index in [1.807, 2.05) is 17.8 Å². The van der Waals surface area contributed by atoms with Crippen molar-refractivity contribution in [3.63, 3.8) is 0 Å². The minimum atomic E-state index is -3.39. The van der Waals surface area contributed by atoms with Crippen LogP contribution in [0.4, 0.5) is 0 Å². The number of rotatable bonds is 6. The Bertz CT molecular complexity index is 620. The van der Waals surface area contributed by atoms with Gasteiger partial charge in [0.15, 0.2) is 0 Å². The van der Waals surface area contributed by atoms with Crippen LogP contribution in [0.3, 0.4) is 0 Å². The number of sulfonamides is 1. The van der Waals surface area contributed by atoms with Gasteiger partial charge in [-0.05, 0) is 31.0 Å². The highest BCUT2D eigenvalue weighted by atomic mass is 32.2. The molecule has 1 N–H and O–H groups in total. The molecule has 0 saturated heterocycles. The van der Waals surface area contributed by atoms with Gasteiger partial charge in [-0.25, -0.2) is 13.1 Å². The van der Waals surface area contributed by atoms with Crippen LogP contribution in [0.2, 0.25) is 0 Å². The zero-order valence-electron chi connectivity index (χ0n) is 10.8. The van der Waals surface area contributed by atoms with E-state index in [0.717, 1.165) is 5.56 Å². The Morgan fingerprint density at radius 3 is 2.63 bits per heavy atom. The summed E-state index contributed by atoms with van der Waals surface area (Å²) in [7, 11) is -3.39. The standard InChI is InChI=1S/C13H17N3O2S/c1-12-10-14-16(11-12)9-5-8-15-19(17,18)13-6-3-2-4-7-13/h2-4,6-7,10-11,15H,5,8-9H2,1H3. The molecule has 0 spiro atoms. The molecule has 1 aromatic carbocycles. The van der Waals surface area contributed by atoms with Crippen LogP contribution in [-0.4, -0.2) is 24.7 Å². The third-order valence-electron chi connectivity index (χ3n) is 2.67. The summed E-state index contributed by atoms with van der Waals surface area (Å²) in [6, 6.07) is 8.37. The molecule has 102 valence electrons. The van der Waals surface area contributed by atoms with E-state index in [4.69, 9.17) is 0 Å². The summed E-state index contributed by atoms with van der Waals surface area (Å²) in [6.45, 7) is 3.07. The van der Waals surface area contributed by atoms with Crippen molar-refractivity contribution >= 4 is 10.0 Å². The summed E-state index contributed by atoms with van der Waals surface area (Å²) in [5, 5.41) is 4.15. The summed E-state index contributed by atoms with van der Waals surface area (Å²) in [4.78, 5) is 0.296. The lowest BCUT2D eigenvalue weighted by Gasteiger charge is -2.06. The van der Waals surface area contributed by atoms with E-state index in [0.29, 0.717) is 24.4 Å². The lowest BCUT2D eigenvalue weighted by molar-refractivity contribution is 0.553. The van der Waals surface area contributed by atoms with Crippen molar-refractivity contribution < 1.29 is 8.42 Å². The molecule has 6 heteroatoms. The van der Waals surface area contributed by atoms with Crippen LogP contribution in [0.25, 0.3) is 0 Å². The van der Waals surface area contributed by atoms with Crippen LogP contribution in [0.5, 0.6) is 0 Å². The lowest BCUT2D eigenvalue weighted by Crippen LogP contribution is -2.25. The van der Waals surface area contributed by atoms with E-state index >= 15 is 0 Å². The fourth-order valence-electron chi connectivity index (χ4n) is 1.72. The van der Waals surface area contributed by atoms with Crippen molar-refractivity contribution in [2.45, 2.75) is 24.8 Å². The molecule has 0 fully saturated rings. The van der Waals surface area contributed by atoms with Gasteiger partial charge in [-0.15, -0.1) is 0 Å². The molecule has 0 aliphatic heterocycles. The molecule has 0 unspecified atom stereocenters. The molecule has 2 aromatic rings. The molecule has 0 amide bonds. The number of hydrogen-bond donors (Lipinski definition) is 1. The Hall–Kier alpha value is -1.66. The Labute approximate surface area is 113 Å². The largest absolute Gasteiger partial charge is 0.272 e. The van der Waals surface area contributed by atoms with Crippen LogP contribution in [0.15, 0.2) is 47.6 Å². The molecule has 0 aliphatic rings.